The molecule has 4 nitrogen and oxygen atoms in total. The molecule has 1 aliphatic heterocycles. The lowest BCUT2D eigenvalue weighted by Gasteiger charge is -2.36. The fourth-order valence-electron chi connectivity index (χ4n) is 2.37. The van der Waals surface area contributed by atoms with Crippen LogP contribution in [0.5, 0.6) is 0 Å². The van der Waals surface area contributed by atoms with Crippen molar-refractivity contribution in [2.75, 3.05) is 39.3 Å². The number of rotatable bonds is 8. The summed E-state index contributed by atoms with van der Waals surface area (Å²) >= 11 is 0. The average molecular weight is 228 g/mol. The van der Waals surface area contributed by atoms with Crippen molar-refractivity contribution in [1.29, 1.82) is 0 Å². The van der Waals surface area contributed by atoms with Gasteiger partial charge >= 0.3 is 0 Å². The Kier molecular flexibility index (Phi) is 7.76. The molecule has 0 amide bonds. The number of nitrogens with zero attached hydrogens (tertiary/aromatic N) is 1. The van der Waals surface area contributed by atoms with Gasteiger partial charge in [-0.1, -0.05) is 6.42 Å². The number of nitrogens with two attached hydrogens (primary N) is 2. The lowest BCUT2D eigenvalue weighted by atomic mass is 10.1. The first kappa shape index (κ1) is 13.9. The molecular formula is C12H28N4. The van der Waals surface area contributed by atoms with Crippen LogP contribution >= 0.6 is 0 Å². The molecule has 1 heterocycles. The van der Waals surface area contributed by atoms with E-state index in [0.717, 1.165) is 45.1 Å². The van der Waals surface area contributed by atoms with Gasteiger partial charge in [0.2, 0.25) is 0 Å². The van der Waals surface area contributed by atoms with Gasteiger partial charge in [-0.15, -0.1) is 0 Å². The van der Waals surface area contributed by atoms with Crippen molar-refractivity contribution >= 4 is 0 Å². The van der Waals surface area contributed by atoms with Crippen LogP contribution in [0.15, 0.2) is 0 Å². The van der Waals surface area contributed by atoms with E-state index >= 15 is 0 Å². The van der Waals surface area contributed by atoms with Crippen molar-refractivity contribution in [3.05, 3.63) is 0 Å². The number of nitrogens with one attached hydrogen (secondary N) is 1. The molecule has 0 spiro atoms. The predicted molar refractivity (Wildman–Crippen MR) is 69.4 cm³/mol. The minimum atomic E-state index is 0.720. The van der Waals surface area contributed by atoms with E-state index in [-0.39, 0.29) is 0 Å². The van der Waals surface area contributed by atoms with Gasteiger partial charge in [-0.05, 0) is 45.3 Å². The van der Waals surface area contributed by atoms with Crippen molar-refractivity contribution in [3.8, 4) is 0 Å². The average Bonchev–Trinajstić information content (AvgIpc) is 2.32. The molecule has 0 saturated carbocycles. The summed E-state index contributed by atoms with van der Waals surface area (Å²) in [5.41, 5.74) is 11.1. The van der Waals surface area contributed by atoms with Gasteiger partial charge in [0.15, 0.2) is 0 Å². The van der Waals surface area contributed by atoms with Crippen LogP contribution in [0.25, 0.3) is 0 Å². The van der Waals surface area contributed by atoms with E-state index in [1.54, 1.807) is 0 Å². The lowest BCUT2D eigenvalue weighted by molar-refractivity contribution is 0.148. The Morgan fingerprint density at radius 1 is 1.06 bits per heavy atom. The number of piperazine rings is 1. The fourth-order valence-corrected chi connectivity index (χ4v) is 2.37. The third-order valence-electron chi connectivity index (χ3n) is 3.36. The molecule has 96 valence electrons. The molecule has 5 N–H and O–H groups in total. The summed E-state index contributed by atoms with van der Waals surface area (Å²) in [5.74, 6) is 0. The van der Waals surface area contributed by atoms with Crippen LogP contribution in [0, 0.1) is 0 Å². The van der Waals surface area contributed by atoms with Crippen LogP contribution in [0.4, 0.5) is 0 Å². The molecule has 1 fully saturated rings. The van der Waals surface area contributed by atoms with Crippen molar-refractivity contribution < 1.29 is 0 Å². The van der Waals surface area contributed by atoms with Crippen molar-refractivity contribution in [2.45, 2.75) is 38.1 Å². The van der Waals surface area contributed by atoms with Crippen LogP contribution in [-0.4, -0.2) is 50.2 Å². The Morgan fingerprint density at radius 3 is 2.56 bits per heavy atom. The van der Waals surface area contributed by atoms with Crippen LogP contribution in [0.3, 0.4) is 0 Å². The van der Waals surface area contributed by atoms with Gasteiger partial charge in [0.25, 0.3) is 0 Å². The molecular weight excluding hydrogens is 200 g/mol. The topological polar surface area (TPSA) is 67.3 Å². The first-order chi connectivity index (χ1) is 7.88. The predicted octanol–water partition coefficient (Wildman–Crippen LogP) is 0.128. The Labute approximate surface area is 99.7 Å². The maximum absolute atomic E-state index is 5.53. The monoisotopic (exact) mass is 228 g/mol. The molecule has 0 radical (unpaired) electrons. The van der Waals surface area contributed by atoms with E-state index < -0.39 is 0 Å². The summed E-state index contributed by atoms with van der Waals surface area (Å²) in [7, 11) is 0. The van der Waals surface area contributed by atoms with Crippen LogP contribution < -0.4 is 16.8 Å². The maximum Gasteiger partial charge on any atom is 0.0221 e. The molecule has 0 aromatic carbocycles. The zero-order chi connectivity index (χ0) is 11.6. The highest BCUT2D eigenvalue weighted by Gasteiger charge is 2.20. The van der Waals surface area contributed by atoms with E-state index in [1.165, 1.54) is 32.4 Å². The van der Waals surface area contributed by atoms with Gasteiger partial charge in [0, 0.05) is 25.7 Å². The SMILES string of the molecule is NCCCCC1CNCCN1CCCCN. The highest BCUT2D eigenvalue weighted by molar-refractivity contribution is 4.79. The van der Waals surface area contributed by atoms with Crippen molar-refractivity contribution in [3.63, 3.8) is 0 Å². The van der Waals surface area contributed by atoms with Gasteiger partial charge in [-0.2, -0.15) is 0 Å². The van der Waals surface area contributed by atoms with Crippen LogP contribution in [-0.2, 0) is 0 Å². The Morgan fingerprint density at radius 2 is 1.81 bits per heavy atom. The minimum absolute atomic E-state index is 0.720. The summed E-state index contributed by atoms with van der Waals surface area (Å²) in [6.07, 6.45) is 6.10. The zero-order valence-corrected chi connectivity index (χ0v) is 10.5. The third-order valence-corrected chi connectivity index (χ3v) is 3.36. The standard InChI is InChI=1S/C12H28N4/c13-6-2-1-5-12-11-15-8-10-16(12)9-4-3-7-14/h12,15H,1-11,13-14H2. The number of hydrogen-bond donors (Lipinski definition) is 3. The largest absolute Gasteiger partial charge is 0.330 e. The zero-order valence-electron chi connectivity index (χ0n) is 10.5. The van der Waals surface area contributed by atoms with E-state index in [4.69, 9.17) is 11.5 Å². The van der Waals surface area contributed by atoms with E-state index in [9.17, 15) is 0 Å². The molecule has 4 heteroatoms. The summed E-state index contributed by atoms with van der Waals surface area (Å²) in [6, 6.07) is 0.720. The fraction of sp³-hybridized carbons (Fsp3) is 1.00. The molecule has 1 saturated heterocycles. The molecule has 0 aromatic rings. The van der Waals surface area contributed by atoms with Gasteiger partial charge < -0.3 is 16.8 Å². The molecule has 1 rings (SSSR count). The molecule has 0 aliphatic carbocycles. The van der Waals surface area contributed by atoms with Gasteiger partial charge in [0.1, 0.15) is 0 Å². The quantitative estimate of drug-likeness (QED) is 0.517. The van der Waals surface area contributed by atoms with E-state index in [0.29, 0.717) is 0 Å². The van der Waals surface area contributed by atoms with Gasteiger partial charge in [0.05, 0.1) is 0 Å². The molecule has 1 unspecified atom stereocenters. The second kappa shape index (κ2) is 8.93. The normalized spacial score (nSPS) is 22.5. The summed E-state index contributed by atoms with van der Waals surface area (Å²) in [5, 5.41) is 3.48. The highest BCUT2D eigenvalue weighted by Crippen LogP contribution is 2.11. The molecule has 16 heavy (non-hydrogen) atoms. The molecule has 0 aromatic heterocycles. The highest BCUT2D eigenvalue weighted by atomic mass is 15.2. The van der Waals surface area contributed by atoms with Gasteiger partial charge in [-0.25, -0.2) is 0 Å². The van der Waals surface area contributed by atoms with Crippen LogP contribution in [0.1, 0.15) is 32.1 Å². The second-order valence-corrected chi connectivity index (χ2v) is 4.67. The second-order valence-electron chi connectivity index (χ2n) is 4.67. The first-order valence-electron chi connectivity index (χ1n) is 6.73. The maximum atomic E-state index is 5.53. The number of hydrogen-bond acceptors (Lipinski definition) is 4. The summed E-state index contributed by atoms with van der Waals surface area (Å²) in [4.78, 5) is 2.63. The number of unbranched alkanes of at least 4 members (excludes halogenated alkanes) is 2. The molecule has 1 atom stereocenters. The summed E-state index contributed by atoms with van der Waals surface area (Å²) in [6.45, 7) is 6.34. The molecule has 0 bridgehead atoms. The Hall–Kier alpha value is -0.160. The van der Waals surface area contributed by atoms with Gasteiger partial charge in [-0.3, -0.25) is 4.90 Å². The molecule has 1 aliphatic rings. The lowest BCUT2D eigenvalue weighted by Crippen LogP contribution is -2.51. The third kappa shape index (κ3) is 5.25. The summed E-state index contributed by atoms with van der Waals surface area (Å²) < 4.78 is 0. The van der Waals surface area contributed by atoms with Crippen molar-refractivity contribution in [1.82, 2.24) is 10.2 Å². The smallest absolute Gasteiger partial charge is 0.0221 e. The Bertz CT molecular complexity index is 145. The van der Waals surface area contributed by atoms with Crippen molar-refractivity contribution in [2.24, 2.45) is 11.5 Å². The first-order valence-corrected chi connectivity index (χ1v) is 6.73. The van der Waals surface area contributed by atoms with E-state index in [2.05, 4.69) is 10.2 Å². The Balaban J connectivity index is 2.20. The van der Waals surface area contributed by atoms with E-state index in [1.807, 2.05) is 0 Å². The minimum Gasteiger partial charge on any atom is -0.330 e. The van der Waals surface area contributed by atoms with Crippen LogP contribution in [0.2, 0.25) is 0 Å².